The van der Waals surface area contributed by atoms with E-state index in [1.807, 2.05) is 31.2 Å². The van der Waals surface area contributed by atoms with Gasteiger partial charge in [0.1, 0.15) is 6.61 Å². The predicted molar refractivity (Wildman–Crippen MR) is 75.0 cm³/mol. The molecule has 0 aliphatic carbocycles. The van der Waals surface area contributed by atoms with Crippen LogP contribution in [-0.2, 0) is 11.4 Å². The summed E-state index contributed by atoms with van der Waals surface area (Å²) in [6, 6.07) is 13.9. The average Bonchev–Trinajstić information content (AvgIpc) is 2.45. The molecule has 0 N–H and O–H groups in total. The Morgan fingerprint density at radius 3 is 2.70 bits per heavy atom. The highest BCUT2D eigenvalue weighted by atomic mass is 19.3. The first-order valence-corrected chi connectivity index (χ1v) is 6.25. The van der Waals surface area contributed by atoms with Gasteiger partial charge in [-0.2, -0.15) is 0 Å². The lowest BCUT2D eigenvalue weighted by molar-refractivity contribution is 0.131. The zero-order valence-electron chi connectivity index (χ0n) is 11.1. The fraction of sp³-hybridized carbons (Fsp3) is 0.188. The molecule has 0 heterocycles. The standard InChI is InChI=1S/C16H15F2NO/c1-12-5-2-3-7-15(12)11-20-19-10-13-6-4-8-14(9-13)16(17)18/h2-10,16H,11H2,1H3. The van der Waals surface area contributed by atoms with Gasteiger partial charge in [0.25, 0.3) is 6.43 Å². The third-order valence-electron chi connectivity index (χ3n) is 2.92. The smallest absolute Gasteiger partial charge is 0.263 e. The summed E-state index contributed by atoms with van der Waals surface area (Å²) in [6.07, 6.45) is -1.04. The number of alkyl halides is 2. The van der Waals surface area contributed by atoms with Gasteiger partial charge in [-0.05, 0) is 29.7 Å². The molecule has 2 aromatic carbocycles. The summed E-state index contributed by atoms with van der Waals surface area (Å²) < 4.78 is 25.1. The van der Waals surface area contributed by atoms with Crippen LogP contribution in [0.3, 0.4) is 0 Å². The molecule has 0 unspecified atom stereocenters. The molecule has 0 aromatic heterocycles. The van der Waals surface area contributed by atoms with Crippen LogP contribution in [-0.4, -0.2) is 6.21 Å². The summed E-state index contributed by atoms with van der Waals surface area (Å²) >= 11 is 0. The number of halogens is 2. The summed E-state index contributed by atoms with van der Waals surface area (Å²) in [5, 5.41) is 3.81. The molecule has 2 rings (SSSR count). The van der Waals surface area contributed by atoms with Gasteiger partial charge in [-0.15, -0.1) is 0 Å². The van der Waals surface area contributed by atoms with E-state index < -0.39 is 6.43 Å². The Hall–Kier alpha value is -2.23. The van der Waals surface area contributed by atoms with Gasteiger partial charge in [0, 0.05) is 5.56 Å². The van der Waals surface area contributed by atoms with Gasteiger partial charge < -0.3 is 4.84 Å². The van der Waals surface area contributed by atoms with Gasteiger partial charge in [-0.1, -0.05) is 47.6 Å². The molecule has 0 fully saturated rings. The number of oxime groups is 1. The summed E-state index contributed by atoms with van der Waals surface area (Å²) in [7, 11) is 0. The van der Waals surface area contributed by atoms with Crippen molar-refractivity contribution in [3.8, 4) is 0 Å². The van der Waals surface area contributed by atoms with Crippen LogP contribution in [0.25, 0.3) is 0 Å². The first-order valence-electron chi connectivity index (χ1n) is 6.25. The van der Waals surface area contributed by atoms with Gasteiger partial charge >= 0.3 is 0 Å². The molecular weight excluding hydrogens is 260 g/mol. The highest BCUT2D eigenvalue weighted by molar-refractivity contribution is 5.79. The van der Waals surface area contributed by atoms with E-state index in [4.69, 9.17) is 4.84 Å². The van der Waals surface area contributed by atoms with E-state index in [1.54, 1.807) is 12.1 Å². The Morgan fingerprint density at radius 1 is 1.15 bits per heavy atom. The highest BCUT2D eigenvalue weighted by Gasteiger charge is 2.05. The Bertz CT molecular complexity index is 597. The number of hydrogen-bond acceptors (Lipinski definition) is 2. The molecule has 0 spiro atoms. The van der Waals surface area contributed by atoms with Crippen molar-refractivity contribution in [1.29, 1.82) is 0 Å². The van der Waals surface area contributed by atoms with E-state index >= 15 is 0 Å². The van der Waals surface area contributed by atoms with E-state index in [0.717, 1.165) is 11.1 Å². The van der Waals surface area contributed by atoms with Gasteiger partial charge in [-0.3, -0.25) is 0 Å². The molecule has 0 atom stereocenters. The molecule has 0 saturated heterocycles. The first kappa shape index (κ1) is 14.2. The minimum Gasteiger partial charge on any atom is -0.391 e. The molecule has 0 aliphatic heterocycles. The number of rotatable bonds is 5. The lowest BCUT2D eigenvalue weighted by atomic mass is 10.1. The molecule has 2 aromatic rings. The van der Waals surface area contributed by atoms with Gasteiger partial charge in [0.15, 0.2) is 0 Å². The minimum atomic E-state index is -2.48. The molecule has 0 amide bonds. The van der Waals surface area contributed by atoms with Crippen molar-refractivity contribution in [1.82, 2.24) is 0 Å². The van der Waals surface area contributed by atoms with E-state index in [-0.39, 0.29) is 5.56 Å². The fourth-order valence-corrected chi connectivity index (χ4v) is 1.75. The third kappa shape index (κ3) is 3.88. The van der Waals surface area contributed by atoms with Crippen LogP contribution in [0.15, 0.2) is 53.7 Å². The molecule has 20 heavy (non-hydrogen) atoms. The van der Waals surface area contributed by atoms with Crippen molar-refractivity contribution in [3.63, 3.8) is 0 Å². The summed E-state index contributed by atoms with van der Waals surface area (Å²) in [6.45, 7) is 2.35. The quantitative estimate of drug-likeness (QED) is 0.582. The molecule has 0 aliphatic rings. The van der Waals surface area contributed by atoms with E-state index in [1.165, 1.54) is 18.3 Å². The van der Waals surface area contributed by atoms with Crippen molar-refractivity contribution < 1.29 is 13.6 Å². The summed E-state index contributed by atoms with van der Waals surface area (Å²) in [5.74, 6) is 0. The Labute approximate surface area is 116 Å². The topological polar surface area (TPSA) is 21.6 Å². The molecule has 0 radical (unpaired) electrons. The van der Waals surface area contributed by atoms with Gasteiger partial charge in [0.2, 0.25) is 0 Å². The second kappa shape index (κ2) is 6.80. The van der Waals surface area contributed by atoms with Crippen molar-refractivity contribution >= 4 is 6.21 Å². The fourth-order valence-electron chi connectivity index (χ4n) is 1.75. The lowest BCUT2D eigenvalue weighted by Gasteiger charge is -2.03. The Kier molecular flexibility index (Phi) is 4.82. The minimum absolute atomic E-state index is 0.0205. The van der Waals surface area contributed by atoms with E-state index in [9.17, 15) is 8.78 Å². The molecule has 0 bridgehead atoms. The van der Waals surface area contributed by atoms with Gasteiger partial charge in [0.05, 0.1) is 6.21 Å². The van der Waals surface area contributed by atoms with Crippen LogP contribution >= 0.6 is 0 Å². The highest BCUT2D eigenvalue weighted by Crippen LogP contribution is 2.18. The second-order valence-electron chi connectivity index (χ2n) is 4.41. The molecule has 2 nitrogen and oxygen atoms in total. The summed E-state index contributed by atoms with van der Waals surface area (Å²) in [4.78, 5) is 5.19. The Morgan fingerprint density at radius 2 is 1.95 bits per heavy atom. The molecule has 104 valence electrons. The number of benzene rings is 2. The van der Waals surface area contributed by atoms with Crippen LogP contribution in [0.4, 0.5) is 8.78 Å². The molecular formula is C16H15F2NO. The van der Waals surface area contributed by atoms with E-state index in [2.05, 4.69) is 5.16 Å². The van der Waals surface area contributed by atoms with Gasteiger partial charge in [-0.25, -0.2) is 8.78 Å². The first-order chi connectivity index (χ1) is 9.66. The number of nitrogens with zero attached hydrogens (tertiary/aromatic N) is 1. The maximum atomic E-state index is 12.5. The van der Waals surface area contributed by atoms with Crippen LogP contribution in [0.5, 0.6) is 0 Å². The van der Waals surface area contributed by atoms with Crippen LogP contribution < -0.4 is 0 Å². The van der Waals surface area contributed by atoms with Crippen molar-refractivity contribution in [2.75, 3.05) is 0 Å². The largest absolute Gasteiger partial charge is 0.391 e. The lowest BCUT2D eigenvalue weighted by Crippen LogP contribution is -1.92. The van der Waals surface area contributed by atoms with Crippen molar-refractivity contribution in [3.05, 3.63) is 70.8 Å². The molecule has 4 heteroatoms. The van der Waals surface area contributed by atoms with Crippen LogP contribution in [0.2, 0.25) is 0 Å². The molecule has 0 saturated carbocycles. The van der Waals surface area contributed by atoms with Crippen LogP contribution in [0, 0.1) is 6.92 Å². The number of hydrogen-bond donors (Lipinski definition) is 0. The maximum absolute atomic E-state index is 12.5. The third-order valence-corrected chi connectivity index (χ3v) is 2.92. The van der Waals surface area contributed by atoms with E-state index in [0.29, 0.717) is 12.2 Å². The monoisotopic (exact) mass is 275 g/mol. The second-order valence-corrected chi connectivity index (χ2v) is 4.41. The Balaban J connectivity index is 1.94. The summed E-state index contributed by atoms with van der Waals surface area (Å²) in [5.41, 5.74) is 2.74. The zero-order chi connectivity index (χ0) is 14.4. The van der Waals surface area contributed by atoms with Crippen molar-refractivity contribution in [2.45, 2.75) is 20.0 Å². The van der Waals surface area contributed by atoms with Crippen LogP contribution in [0.1, 0.15) is 28.7 Å². The zero-order valence-corrected chi connectivity index (χ0v) is 11.1. The van der Waals surface area contributed by atoms with Crippen molar-refractivity contribution in [2.24, 2.45) is 5.16 Å². The normalized spacial score (nSPS) is 11.2. The predicted octanol–water partition coefficient (Wildman–Crippen LogP) is 4.48. The number of aryl methyl sites for hydroxylation is 1. The maximum Gasteiger partial charge on any atom is 0.263 e. The SMILES string of the molecule is Cc1ccccc1CON=Cc1cccc(C(F)F)c1. The average molecular weight is 275 g/mol.